The molecule has 2 saturated heterocycles. The molecule has 0 aromatic rings. The maximum atomic E-state index is 12.4. The number of hydrogen-bond donors (Lipinski definition) is 1. The Morgan fingerprint density at radius 1 is 1.35 bits per heavy atom. The van der Waals surface area contributed by atoms with E-state index in [1.807, 2.05) is 11.8 Å². The first-order valence-corrected chi connectivity index (χ1v) is 7.34. The SMILES string of the molecule is CC1(C(=O)O)CCCN1C(=O)C1CCSCC1. The van der Waals surface area contributed by atoms with E-state index in [9.17, 15) is 14.7 Å². The molecular weight excluding hydrogens is 238 g/mol. The summed E-state index contributed by atoms with van der Waals surface area (Å²) in [6, 6.07) is 0. The molecule has 2 aliphatic rings. The number of hydrogen-bond acceptors (Lipinski definition) is 3. The lowest BCUT2D eigenvalue weighted by molar-refractivity contribution is -0.157. The van der Waals surface area contributed by atoms with Crippen LogP contribution in [0.25, 0.3) is 0 Å². The molecule has 0 aliphatic carbocycles. The van der Waals surface area contributed by atoms with Gasteiger partial charge in [-0.25, -0.2) is 4.79 Å². The predicted molar refractivity (Wildman–Crippen MR) is 67.0 cm³/mol. The summed E-state index contributed by atoms with van der Waals surface area (Å²) in [6.45, 7) is 2.28. The number of thioether (sulfide) groups is 1. The van der Waals surface area contributed by atoms with Crippen molar-refractivity contribution in [2.24, 2.45) is 5.92 Å². The number of carbonyl (C=O) groups is 2. The average Bonchev–Trinajstić information content (AvgIpc) is 2.73. The average molecular weight is 257 g/mol. The molecule has 1 amide bonds. The quantitative estimate of drug-likeness (QED) is 0.816. The van der Waals surface area contributed by atoms with E-state index >= 15 is 0 Å². The number of carboxylic acids is 1. The van der Waals surface area contributed by atoms with E-state index < -0.39 is 11.5 Å². The van der Waals surface area contributed by atoms with Gasteiger partial charge in [0.2, 0.25) is 5.91 Å². The number of likely N-dealkylation sites (tertiary alicyclic amines) is 1. The first-order valence-electron chi connectivity index (χ1n) is 6.18. The third kappa shape index (κ3) is 2.30. The zero-order valence-electron chi connectivity index (χ0n) is 10.1. The van der Waals surface area contributed by atoms with E-state index in [4.69, 9.17) is 0 Å². The lowest BCUT2D eigenvalue weighted by Crippen LogP contribution is -2.52. The summed E-state index contributed by atoms with van der Waals surface area (Å²) in [5.74, 6) is 1.29. The van der Waals surface area contributed by atoms with E-state index in [1.165, 1.54) is 0 Å². The molecule has 2 heterocycles. The maximum Gasteiger partial charge on any atom is 0.329 e. The van der Waals surface area contributed by atoms with Crippen molar-refractivity contribution in [3.63, 3.8) is 0 Å². The van der Waals surface area contributed by atoms with E-state index in [-0.39, 0.29) is 11.8 Å². The Kier molecular flexibility index (Phi) is 3.66. The van der Waals surface area contributed by atoms with Gasteiger partial charge in [-0.1, -0.05) is 0 Å². The summed E-state index contributed by atoms with van der Waals surface area (Å²) in [5.41, 5.74) is -0.971. The number of rotatable bonds is 2. The van der Waals surface area contributed by atoms with Gasteiger partial charge in [-0.05, 0) is 44.1 Å². The molecule has 4 nitrogen and oxygen atoms in total. The number of amides is 1. The normalized spacial score (nSPS) is 30.5. The van der Waals surface area contributed by atoms with Crippen molar-refractivity contribution < 1.29 is 14.7 Å². The fraction of sp³-hybridized carbons (Fsp3) is 0.833. The molecule has 1 unspecified atom stereocenters. The third-order valence-electron chi connectivity index (χ3n) is 3.94. The van der Waals surface area contributed by atoms with Gasteiger partial charge in [0.15, 0.2) is 0 Å². The number of carboxylic acid groups (broad SMARTS) is 1. The fourth-order valence-electron chi connectivity index (χ4n) is 2.70. The van der Waals surface area contributed by atoms with E-state index in [0.29, 0.717) is 13.0 Å². The van der Waals surface area contributed by atoms with Gasteiger partial charge < -0.3 is 10.0 Å². The van der Waals surface area contributed by atoms with Crippen LogP contribution < -0.4 is 0 Å². The second-order valence-corrected chi connectivity index (χ2v) is 6.28. The molecule has 2 aliphatic heterocycles. The van der Waals surface area contributed by atoms with Crippen LogP contribution in [0.4, 0.5) is 0 Å². The molecule has 1 atom stereocenters. The molecular formula is C12H19NO3S. The number of nitrogens with zero attached hydrogens (tertiary/aromatic N) is 1. The van der Waals surface area contributed by atoms with Crippen LogP contribution in [0, 0.1) is 5.92 Å². The zero-order valence-corrected chi connectivity index (χ0v) is 11.0. The minimum atomic E-state index is -0.971. The highest BCUT2D eigenvalue weighted by molar-refractivity contribution is 7.99. The monoisotopic (exact) mass is 257 g/mol. The van der Waals surface area contributed by atoms with Crippen LogP contribution in [0.15, 0.2) is 0 Å². The molecule has 0 saturated carbocycles. The second-order valence-electron chi connectivity index (χ2n) is 5.06. The van der Waals surface area contributed by atoms with Gasteiger partial charge in [-0.15, -0.1) is 0 Å². The minimum absolute atomic E-state index is 0.0491. The molecule has 0 bridgehead atoms. The van der Waals surface area contributed by atoms with E-state index in [0.717, 1.165) is 30.8 Å². The molecule has 1 N–H and O–H groups in total. The van der Waals surface area contributed by atoms with Gasteiger partial charge >= 0.3 is 5.97 Å². The maximum absolute atomic E-state index is 12.4. The van der Waals surface area contributed by atoms with Crippen molar-refractivity contribution in [2.45, 2.75) is 38.1 Å². The molecule has 2 fully saturated rings. The largest absolute Gasteiger partial charge is 0.480 e. The van der Waals surface area contributed by atoms with Crippen molar-refractivity contribution >= 4 is 23.6 Å². The van der Waals surface area contributed by atoms with Crippen molar-refractivity contribution in [3.8, 4) is 0 Å². The molecule has 0 aromatic heterocycles. The van der Waals surface area contributed by atoms with Crippen molar-refractivity contribution in [1.29, 1.82) is 0 Å². The summed E-state index contributed by atoms with van der Waals surface area (Å²) in [7, 11) is 0. The van der Waals surface area contributed by atoms with Gasteiger partial charge in [0, 0.05) is 12.5 Å². The van der Waals surface area contributed by atoms with Crippen LogP contribution in [0.5, 0.6) is 0 Å². The zero-order chi connectivity index (χ0) is 12.5. The Labute approximate surface area is 106 Å². The molecule has 0 spiro atoms. The van der Waals surface area contributed by atoms with Gasteiger partial charge in [-0.3, -0.25) is 4.79 Å². The molecule has 5 heteroatoms. The molecule has 0 aromatic carbocycles. The van der Waals surface area contributed by atoms with Crippen LogP contribution in [-0.2, 0) is 9.59 Å². The van der Waals surface area contributed by atoms with Gasteiger partial charge in [0.05, 0.1) is 0 Å². The summed E-state index contributed by atoms with van der Waals surface area (Å²) in [4.78, 5) is 25.3. The topological polar surface area (TPSA) is 57.6 Å². The number of carbonyl (C=O) groups excluding carboxylic acids is 1. The first-order chi connectivity index (χ1) is 8.05. The smallest absolute Gasteiger partial charge is 0.329 e. The summed E-state index contributed by atoms with van der Waals surface area (Å²) in [5, 5.41) is 9.29. The first kappa shape index (κ1) is 12.7. The predicted octanol–water partition coefficient (Wildman–Crippen LogP) is 1.60. The number of aliphatic carboxylic acids is 1. The van der Waals surface area contributed by atoms with Gasteiger partial charge in [0.25, 0.3) is 0 Å². The highest BCUT2D eigenvalue weighted by Crippen LogP contribution is 2.33. The van der Waals surface area contributed by atoms with Crippen LogP contribution in [0.1, 0.15) is 32.6 Å². The highest BCUT2D eigenvalue weighted by Gasteiger charge is 2.47. The second kappa shape index (κ2) is 4.88. The van der Waals surface area contributed by atoms with Crippen LogP contribution >= 0.6 is 11.8 Å². The third-order valence-corrected chi connectivity index (χ3v) is 4.99. The Hall–Kier alpha value is -0.710. The molecule has 2 rings (SSSR count). The lowest BCUT2D eigenvalue weighted by Gasteiger charge is -2.35. The van der Waals surface area contributed by atoms with Crippen molar-refractivity contribution in [3.05, 3.63) is 0 Å². The van der Waals surface area contributed by atoms with Gasteiger partial charge in [0.1, 0.15) is 5.54 Å². The fourth-order valence-corrected chi connectivity index (χ4v) is 3.81. The van der Waals surface area contributed by atoms with Crippen LogP contribution in [0.3, 0.4) is 0 Å². The standard InChI is InChI=1S/C12H19NO3S/c1-12(11(15)16)5-2-6-13(12)10(14)9-3-7-17-8-4-9/h9H,2-8H2,1H3,(H,15,16). The van der Waals surface area contributed by atoms with Gasteiger partial charge in [-0.2, -0.15) is 11.8 Å². The highest BCUT2D eigenvalue weighted by atomic mass is 32.2. The summed E-state index contributed by atoms with van der Waals surface area (Å²) < 4.78 is 0. The van der Waals surface area contributed by atoms with Crippen molar-refractivity contribution in [2.75, 3.05) is 18.1 Å². The van der Waals surface area contributed by atoms with E-state index in [2.05, 4.69) is 0 Å². The Morgan fingerprint density at radius 3 is 2.59 bits per heavy atom. The van der Waals surface area contributed by atoms with Crippen LogP contribution in [0.2, 0.25) is 0 Å². The Balaban J connectivity index is 2.10. The summed E-state index contributed by atoms with van der Waals surface area (Å²) in [6.07, 6.45) is 3.18. The summed E-state index contributed by atoms with van der Waals surface area (Å²) >= 11 is 1.88. The molecule has 0 radical (unpaired) electrons. The minimum Gasteiger partial charge on any atom is -0.480 e. The molecule has 96 valence electrons. The lowest BCUT2D eigenvalue weighted by atomic mass is 9.95. The Morgan fingerprint density at radius 2 is 2.00 bits per heavy atom. The van der Waals surface area contributed by atoms with E-state index in [1.54, 1.807) is 11.8 Å². The van der Waals surface area contributed by atoms with Crippen molar-refractivity contribution in [1.82, 2.24) is 4.90 Å². The Bertz CT molecular complexity index is 328. The molecule has 17 heavy (non-hydrogen) atoms. The van der Waals surface area contributed by atoms with Crippen LogP contribution in [-0.4, -0.2) is 45.5 Å².